The fourth-order valence-corrected chi connectivity index (χ4v) is 4.82. The number of pyridine rings is 1. The molecule has 0 saturated carbocycles. The van der Waals surface area contributed by atoms with Gasteiger partial charge in [0.25, 0.3) is 5.91 Å². The number of fused-ring (bicyclic) bond motifs is 1. The summed E-state index contributed by atoms with van der Waals surface area (Å²) in [5, 5.41) is 0.946. The molecular weight excluding hydrogens is 422 g/mol. The quantitative estimate of drug-likeness (QED) is 0.424. The monoisotopic (exact) mass is 451 g/mol. The van der Waals surface area contributed by atoms with Crippen LogP contribution in [0.4, 0.5) is 0 Å². The molecule has 0 radical (unpaired) electrons. The van der Waals surface area contributed by atoms with Crippen LogP contribution >= 0.6 is 0 Å². The first-order valence-electron chi connectivity index (χ1n) is 11.7. The molecule has 34 heavy (non-hydrogen) atoms. The van der Waals surface area contributed by atoms with E-state index >= 15 is 0 Å². The highest BCUT2D eigenvalue weighted by molar-refractivity contribution is 5.98. The van der Waals surface area contributed by atoms with Crippen molar-refractivity contribution >= 4 is 16.8 Å². The van der Waals surface area contributed by atoms with Crippen LogP contribution in [-0.4, -0.2) is 54.0 Å². The fourth-order valence-electron chi connectivity index (χ4n) is 4.82. The summed E-state index contributed by atoms with van der Waals surface area (Å²) in [6, 6.07) is 29.1. The summed E-state index contributed by atoms with van der Waals surface area (Å²) in [6.45, 7) is 4.92. The lowest BCUT2D eigenvalue weighted by Gasteiger charge is -2.40. The number of carbonyl (C=O) groups is 1. The zero-order valence-corrected chi connectivity index (χ0v) is 19.6. The summed E-state index contributed by atoms with van der Waals surface area (Å²) in [5.74, 6) is 0.819. The van der Waals surface area contributed by atoms with Gasteiger partial charge in [-0.25, -0.2) is 0 Å². The number of rotatable bonds is 5. The maximum Gasteiger partial charge on any atom is 0.255 e. The Morgan fingerprint density at radius 1 is 0.853 bits per heavy atom. The summed E-state index contributed by atoms with van der Waals surface area (Å²) >= 11 is 0. The first-order chi connectivity index (χ1) is 16.6. The summed E-state index contributed by atoms with van der Waals surface area (Å²) in [5.41, 5.74) is 4.82. The fraction of sp³-hybridized carbons (Fsp3) is 0.241. The average molecular weight is 452 g/mol. The highest BCUT2D eigenvalue weighted by atomic mass is 16.5. The number of hydrogen-bond donors (Lipinski definition) is 0. The van der Waals surface area contributed by atoms with E-state index in [2.05, 4.69) is 70.5 Å². The maximum absolute atomic E-state index is 13.4. The van der Waals surface area contributed by atoms with Gasteiger partial charge in [0.05, 0.1) is 29.9 Å². The molecule has 3 aromatic carbocycles. The Kier molecular flexibility index (Phi) is 6.28. The predicted molar refractivity (Wildman–Crippen MR) is 135 cm³/mol. The summed E-state index contributed by atoms with van der Waals surface area (Å²) < 4.78 is 5.31. The molecule has 4 aromatic rings. The van der Waals surface area contributed by atoms with Gasteiger partial charge in [-0.2, -0.15) is 0 Å². The lowest BCUT2D eigenvalue weighted by Crippen LogP contribution is -2.50. The second-order valence-electron chi connectivity index (χ2n) is 8.73. The first-order valence-corrected chi connectivity index (χ1v) is 11.7. The SMILES string of the molecule is COc1ccc2cc(C(=O)N3CCN(C(c4ccccc4)c4ccccc4)CC3)c(C)nc2c1. The summed E-state index contributed by atoms with van der Waals surface area (Å²) in [4.78, 5) is 22.6. The van der Waals surface area contributed by atoms with E-state index in [0.29, 0.717) is 18.7 Å². The molecule has 1 aliphatic heterocycles. The van der Waals surface area contributed by atoms with E-state index < -0.39 is 0 Å². The molecule has 5 rings (SSSR count). The van der Waals surface area contributed by atoms with Crippen molar-refractivity contribution in [3.05, 3.63) is 107 Å². The average Bonchev–Trinajstić information content (AvgIpc) is 2.89. The Morgan fingerprint density at radius 3 is 2.06 bits per heavy atom. The largest absolute Gasteiger partial charge is 0.497 e. The summed E-state index contributed by atoms with van der Waals surface area (Å²) in [6.07, 6.45) is 0. The molecule has 2 heterocycles. The second-order valence-corrected chi connectivity index (χ2v) is 8.73. The van der Waals surface area contributed by atoms with Crippen LogP contribution in [0.2, 0.25) is 0 Å². The third-order valence-electron chi connectivity index (χ3n) is 6.64. The van der Waals surface area contributed by atoms with Gasteiger partial charge >= 0.3 is 0 Å². The zero-order valence-electron chi connectivity index (χ0n) is 19.6. The zero-order chi connectivity index (χ0) is 23.5. The van der Waals surface area contributed by atoms with E-state index in [0.717, 1.165) is 35.4 Å². The standard InChI is InChI=1S/C29H29N3O2/c1-21-26(19-24-13-14-25(34-2)20-27(24)30-21)29(33)32-17-15-31(16-18-32)28(22-9-5-3-6-10-22)23-11-7-4-8-12-23/h3-14,19-20,28H,15-18H2,1-2H3. The topological polar surface area (TPSA) is 45.7 Å². The van der Waals surface area contributed by atoms with Crippen LogP contribution in [0, 0.1) is 6.92 Å². The van der Waals surface area contributed by atoms with E-state index in [1.54, 1.807) is 7.11 Å². The number of nitrogens with zero attached hydrogens (tertiary/aromatic N) is 3. The molecule has 172 valence electrons. The van der Waals surface area contributed by atoms with Crippen molar-refractivity contribution in [2.75, 3.05) is 33.3 Å². The molecule has 0 N–H and O–H groups in total. The Balaban J connectivity index is 1.35. The lowest BCUT2D eigenvalue weighted by atomic mass is 9.96. The highest BCUT2D eigenvalue weighted by Gasteiger charge is 2.29. The predicted octanol–water partition coefficient (Wildman–Crippen LogP) is 5.10. The number of methoxy groups -OCH3 is 1. The molecule has 0 bridgehead atoms. The lowest BCUT2D eigenvalue weighted by molar-refractivity contribution is 0.0596. The van der Waals surface area contributed by atoms with E-state index in [-0.39, 0.29) is 11.9 Å². The maximum atomic E-state index is 13.4. The highest BCUT2D eigenvalue weighted by Crippen LogP contribution is 2.30. The number of piperazine rings is 1. The molecule has 1 amide bonds. The number of hydrogen-bond acceptors (Lipinski definition) is 4. The van der Waals surface area contributed by atoms with Gasteiger partial charge in [0.1, 0.15) is 5.75 Å². The van der Waals surface area contributed by atoms with Crippen LogP contribution in [0.5, 0.6) is 5.75 Å². The van der Waals surface area contributed by atoms with Gasteiger partial charge in [-0.3, -0.25) is 14.7 Å². The molecular formula is C29H29N3O2. The number of aryl methyl sites for hydroxylation is 1. The Bertz CT molecular complexity index is 1240. The van der Waals surface area contributed by atoms with Gasteiger partial charge in [0.15, 0.2) is 0 Å². The second kappa shape index (κ2) is 9.65. The molecule has 1 fully saturated rings. The van der Waals surface area contributed by atoms with Crippen molar-refractivity contribution in [3.63, 3.8) is 0 Å². The minimum absolute atomic E-state index is 0.0540. The van der Waals surface area contributed by atoms with Crippen molar-refractivity contribution < 1.29 is 9.53 Å². The number of carbonyl (C=O) groups excluding carboxylic acids is 1. The molecule has 0 atom stereocenters. The number of benzene rings is 3. The van der Waals surface area contributed by atoms with Crippen molar-refractivity contribution in [3.8, 4) is 5.75 Å². The van der Waals surface area contributed by atoms with E-state index in [9.17, 15) is 4.79 Å². The van der Waals surface area contributed by atoms with Crippen molar-refractivity contribution in [2.24, 2.45) is 0 Å². The molecule has 0 aliphatic carbocycles. The van der Waals surface area contributed by atoms with Crippen molar-refractivity contribution in [1.82, 2.24) is 14.8 Å². The van der Waals surface area contributed by atoms with Crippen molar-refractivity contribution in [2.45, 2.75) is 13.0 Å². The van der Waals surface area contributed by atoms with Crippen LogP contribution in [0.3, 0.4) is 0 Å². The van der Waals surface area contributed by atoms with E-state index in [1.165, 1.54) is 11.1 Å². The van der Waals surface area contributed by atoms with Gasteiger partial charge in [0, 0.05) is 37.6 Å². The molecule has 1 saturated heterocycles. The van der Waals surface area contributed by atoms with Gasteiger partial charge in [-0.15, -0.1) is 0 Å². The third-order valence-corrected chi connectivity index (χ3v) is 6.64. The Hall–Kier alpha value is -3.70. The first kappa shape index (κ1) is 22.1. The molecule has 0 spiro atoms. The number of amides is 1. The van der Waals surface area contributed by atoms with Crippen LogP contribution in [0.15, 0.2) is 84.9 Å². The van der Waals surface area contributed by atoms with Gasteiger partial charge in [-0.05, 0) is 36.2 Å². The normalized spacial score (nSPS) is 14.5. The number of aromatic nitrogens is 1. The Morgan fingerprint density at radius 2 is 1.47 bits per heavy atom. The minimum atomic E-state index is 0.0540. The molecule has 1 aromatic heterocycles. The molecule has 5 nitrogen and oxygen atoms in total. The van der Waals surface area contributed by atoms with Gasteiger partial charge in [0.2, 0.25) is 0 Å². The van der Waals surface area contributed by atoms with Crippen LogP contribution in [0.1, 0.15) is 33.2 Å². The third kappa shape index (κ3) is 4.39. The van der Waals surface area contributed by atoms with Crippen LogP contribution in [0.25, 0.3) is 10.9 Å². The van der Waals surface area contributed by atoms with Crippen LogP contribution < -0.4 is 4.74 Å². The summed E-state index contributed by atoms with van der Waals surface area (Å²) in [7, 11) is 1.64. The van der Waals surface area contributed by atoms with E-state index in [4.69, 9.17) is 4.74 Å². The molecule has 0 unspecified atom stereocenters. The van der Waals surface area contributed by atoms with E-state index in [1.807, 2.05) is 36.1 Å². The Labute approximate surface area is 200 Å². The van der Waals surface area contributed by atoms with Gasteiger partial charge < -0.3 is 9.64 Å². The van der Waals surface area contributed by atoms with Crippen LogP contribution in [-0.2, 0) is 0 Å². The smallest absolute Gasteiger partial charge is 0.255 e. The minimum Gasteiger partial charge on any atom is -0.497 e. The molecule has 5 heteroatoms. The van der Waals surface area contributed by atoms with Crippen molar-refractivity contribution in [1.29, 1.82) is 0 Å². The molecule has 1 aliphatic rings. The van der Waals surface area contributed by atoms with Gasteiger partial charge in [-0.1, -0.05) is 60.7 Å². The number of ether oxygens (including phenoxy) is 1.